The first-order valence-corrected chi connectivity index (χ1v) is 11.5. The van der Waals surface area contributed by atoms with Crippen molar-refractivity contribution in [3.8, 4) is 0 Å². The Balaban J connectivity index is 1.96. The molecule has 0 radical (unpaired) electrons. The minimum absolute atomic E-state index is 0.0629. The van der Waals surface area contributed by atoms with Crippen molar-refractivity contribution in [2.75, 3.05) is 18.1 Å². The number of carbonyl (C=O) groups is 2. The summed E-state index contributed by atoms with van der Waals surface area (Å²) in [6.45, 7) is 3.64. The van der Waals surface area contributed by atoms with Crippen molar-refractivity contribution in [3.05, 3.63) is 29.8 Å². The molecule has 1 heterocycles. The van der Waals surface area contributed by atoms with Gasteiger partial charge in [0.2, 0.25) is 0 Å². The van der Waals surface area contributed by atoms with Crippen molar-refractivity contribution >= 4 is 33.5 Å². The molecule has 0 spiro atoms. The van der Waals surface area contributed by atoms with Crippen molar-refractivity contribution in [2.45, 2.75) is 49.3 Å². The second-order valence-corrected chi connectivity index (χ2v) is 9.87. The van der Waals surface area contributed by atoms with E-state index in [-0.39, 0.29) is 35.3 Å². The lowest BCUT2D eigenvalue weighted by atomic mass is 10.2. The van der Waals surface area contributed by atoms with E-state index < -0.39 is 15.8 Å². The second-order valence-electron chi connectivity index (χ2n) is 6.30. The summed E-state index contributed by atoms with van der Waals surface area (Å²) in [6, 6.07) is 7.00. The maximum atomic E-state index is 12.4. The van der Waals surface area contributed by atoms with E-state index in [1.165, 1.54) is 11.8 Å². The molecule has 144 valence electrons. The third kappa shape index (κ3) is 6.02. The Morgan fingerprint density at radius 2 is 1.96 bits per heavy atom. The first-order chi connectivity index (χ1) is 12.3. The van der Waals surface area contributed by atoms with Gasteiger partial charge in [0.1, 0.15) is 0 Å². The molecular weight excluding hydrogens is 374 g/mol. The van der Waals surface area contributed by atoms with Crippen LogP contribution in [0, 0.1) is 0 Å². The third-order valence-electron chi connectivity index (χ3n) is 4.28. The zero-order valence-corrected chi connectivity index (χ0v) is 16.7. The molecule has 0 aliphatic carbocycles. The van der Waals surface area contributed by atoms with E-state index in [0.717, 1.165) is 12.8 Å². The molecule has 1 fully saturated rings. The molecule has 0 unspecified atom stereocenters. The van der Waals surface area contributed by atoms with Gasteiger partial charge in [0.25, 0.3) is 5.91 Å². The molecule has 1 aromatic carbocycles. The molecule has 2 rings (SSSR count). The summed E-state index contributed by atoms with van der Waals surface area (Å²) in [4.78, 5) is 24.9. The van der Waals surface area contributed by atoms with E-state index in [4.69, 9.17) is 4.74 Å². The number of hydrogen-bond acceptors (Lipinski definition) is 6. The largest absolute Gasteiger partial charge is 0.452 e. The number of sulfone groups is 1. The predicted octanol–water partition coefficient (Wildman–Crippen LogP) is 2.43. The predicted molar refractivity (Wildman–Crippen MR) is 102 cm³/mol. The topological polar surface area (TPSA) is 89.5 Å². The van der Waals surface area contributed by atoms with Gasteiger partial charge in [-0.1, -0.05) is 26.0 Å². The summed E-state index contributed by atoms with van der Waals surface area (Å²) in [5, 5.41) is 2.75. The van der Waals surface area contributed by atoms with Crippen LogP contribution in [0.1, 0.15) is 43.5 Å². The van der Waals surface area contributed by atoms with Crippen LogP contribution in [0.2, 0.25) is 0 Å². The summed E-state index contributed by atoms with van der Waals surface area (Å²) >= 11 is 1.38. The lowest BCUT2D eigenvalue weighted by Crippen LogP contribution is -2.36. The molecular formula is C18H25NO5S2. The highest BCUT2D eigenvalue weighted by Gasteiger charge is 2.29. The SMILES string of the molecule is CCC(CC)NC(=O)COC(=O)c1ccccc1S[C@@H]1CCS(=O)(=O)C1. The first-order valence-electron chi connectivity index (χ1n) is 8.77. The van der Waals surface area contributed by atoms with Crippen LogP contribution in [0.25, 0.3) is 0 Å². The summed E-state index contributed by atoms with van der Waals surface area (Å²) in [7, 11) is -2.98. The fourth-order valence-corrected chi connectivity index (χ4v) is 6.36. The zero-order chi connectivity index (χ0) is 19.2. The van der Waals surface area contributed by atoms with Gasteiger partial charge in [0.05, 0.1) is 17.1 Å². The lowest BCUT2D eigenvalue weighted by molar-refractivity contribution is -0.125. The first kappa shape index (κ1) is 20.8. The highest BCUT2D eigenvalue weighted by Crippen LogP contribution is 2.33. The summed E-state index contributed by atoms with van der Waals surface area (Å²) in [5.74, 6) is -0.584. The number of ether oxygens (including phenoxy) is 1. The Morgan fingerprint density at radius 1 is 1.27 bits per heavy atom. The molecule has 6 nitrogen and oxygen atoms in total. The van der Waals surface area contributed by atoms with Gasteiger partial charge in [-0.05, 0) is 31.4 Å². The molecule has 1 amide bonds. The normalized spacial score (nSPS) is 18.7. The van der Waals surface area contributed by atoms with E-state index in [1.807, 2.05) is 13.8 Å². The monoisotopic (exact) mass is 399 g/mol. The quantitative estimate of drug-likeness (QED) is 0.675. The Kier molecular flexibility index (Phi) is 7.52. The molecule has 1 N–H and O–H groups in total. The van der Waals surface area contributed by atoms with Crippen LogP contribution in [0.5, 0.6) is 0 Å². The van der Waals surface area contributed by atoms with Gasteiger partial charge in [-0.25, -0.2) is 13.2 Å². The molecule has 1 atom stereocenters. The minimum Gasteiger partial charge on any atom is -0.452 e. The van der Waals surface area contributed by atoms with Crippen LogP contribution in [0.3, 0.4) is 0 Å². The maximum Gasteiger partial charge on any atom is 0.339 e. The van der Waals surface area contributed by atoms with Gasteiger partial charge in [-0.15, -0.1) is 11.8 Å². The summed E-state index contributed by atoms with van der Waals surface area (Å²) in [6.07, 6.45) is 2.22. The number of amides is 1. The number of rotatable bonds is 8. The number of benzene rings is 1. The zero-order valence-electron chi connectivity index (χ0n) is 15.1. The Bertz CT molecular complexity index is 744. The van der Waals surface area contributed by atoms with E-state index in [0.29, 0.717) is 16.9 Å². The Labute approximate surface area is 159 Å². The third-order valence-corrected chi connectivity index (χ3v) is 7.60. The lowest BCUT2D eigenvalue weighted by Gasteiger charge is -2.15. The van der Waals surface area contributed by atoms with Crippen molar-refractivity contribution in [1.29, 1.82) is 0 Å². The van der Waals surface area contributed by atoms with E-state index in [1.54, 1.807) is 24.3 Å². The van der Waals surface area contributed by atoms with Crippen molar-refractivity contribution in [2.24, 2.45) is 0 Å². The molecule has 1 aliphatic rings. The number of esters is 1. The molecule has 1 aromatic rings. The maximum absolute atomic E-state index is 12.4. The number of carbonyl (C=O) groups excluding carboxylic acids is 2. The molecule has 1 aliphatic heterocycles. The van der Waals surface area contributed by atoms with Gasteiger partial charge in [-0.2, -0.15) is 0 Å². The van der Waals surface area contributed by atoms with Crippen LogP contribution in [0.4, 0.5) is 0 Å². The molecule has 0 saturated carbocycles. The van der Waals surface area contributed by atoms with Crippen molar-refractivity contribution in [1.82, 2.24) is 5.32 Å². The minimum atomic E-state index is -2.98. The number of thioether (sulfide) groups is 1. The summed E-state index contributed by atoms with van der Waals surface area (Å²) in [5.41, 5.74) is 0.358. The van der Waals surface area contributed by atoms with Crippen LogP contribution < -0.4 is 5.32 Å². The van der Waals surface area contributed by atoms with Crippen LogP contribution in [0.15, 0.2) is 29.2 Å². The Morgan fingerprint density at radius 3 is 2.58 bits per heavy atom. The van der Waals surface area contributed by atoms with Gasteiger partial charge in [0.15, 0.2) is 16.4 Å². The molecule has 26 heavy (non-hydrogen) atoms. The van der Waals surface area contributed by atoms with Crippen LogP contribution in [-0.4, -0.2) is 49.7 Å². The standard InChI is InChI=1S/C18H25NO5S2/c1-3-13(4-2)19-17(20)11-24-18(21)15-7-5-6-8-16(15)25-14-9-10-26(22,23)12-14/h5-8,13-14H,3-4,9-12H2,1-2H3,(H,19,20)/t14-/m1/s1. The van der Waals surface area contributed by atoms with Gasteiger partial charge in [0, 0.05) is 16.2 Å². The fraction of sp³-hybridized carbons (Fsp3) is 0.556. The smallest absolute Gasteiger partial charge is 0.339 e. The fourth-order valence-electron chi connectivity index (χ4n) is 2.74. The van der Waals surface area contributed by atoms with Crippen LogP contribution in [-0.2, 0) is 19.4 Å². The number of nitrogens with one attached hydrogen (secondary N) is 1. The van der Waals surface area contributed by atoms with Gasteiger partial charge in [-0.3, -0.25) is 4.79 Å². The summed E-state index contributed by atoms with van der Waals surface area (Å²) < 4.78 is 28.4. The molecule has 1 saturated heterocycles. The number of hydrogen-bond donors (Lipinski definition) is 1. The van der Waals surface area contributed by atoms with Crippen molar-refractivity contribution < 1.29 is 22.7 Å². The van der Waals surface area contributed by atoms with E-state index in [2.05, 4.69) is 5.32 Å². The highest BCUT2D eigenvalue weighted by molar-refractivity contribution is 8.02. The van der Waals surface area contributed by atoms with Crippen molar-refractivity contribution in [3.63, 3.8) is 0 Å². The molecule has 8 heteroatoms. The van der Waals surface area contributed by atoms with Gasteiger partial charge < -0.3 is 10.1 Å². The Hall–Kier alpha value is -1.54. The average Bonchev–Trinajstić information content (AvgIpc) is 2.96. The van der Waals surface area contributed by atoms with Gasteiger partial charge >= 0.3 is 5.97 Å². The van der Waals surface area contributed by atoms with E-state index in [9.17, 15) is 18.0 Å². The molecule has 0 bridgehead atoms. The van der Waals surface area contributed by atoms with Crippen LogP contribution >= 0.6 is 11.8 Å². The highest BCUT2D eigenvalue weighted by atomic mass is 32.2. The molecule has 0 aromatic heterocycles. The van der Waals surface area contributed by atoms with E-state index >= 15 is 0 Å². The second kappa shape index (κ2) is 9.41. The average molecular weight is 400 g/mol.